The monoisotopic (exact) mass is 371 g/mol. The molecule has 0 saturated carbocycles. The highest BCUT2D eigenvalue weighted by atomic mass is 16.7. The molecule has 0 aliphatic carbocycles. The molecule has 9 heteroatoms. The van der Waals surface area contributed by atoms with E-state index in [1.54, 1.807) is 7.11 Å². The number of aldehydes is 1. The summed E-state index contributed by atoms with van der Waals surface area (Å²) in [4.78, 5) is 34.5. The van der Waals surface area contributed by atoms with Crippen molar-refractivity contribution in [2.24, 2.45) is 0 Å². The van der Waals surface area contributed by atoms with Gasteiger partial charge in [0.15, 0.2) is 18.3 Å². The second-order valence-corrected chi connectivity index (χ2v) is 5.74. The number of hydrogen-bond donors (Lipinski definition) is 1. The summed E-state index contributed by atoms with van der Waals surface area (Å²) in [6.07, 6.45) is 1.86. The number of pyridine rings is 1. The summed E-state index contributed by atoms with van der Waals surface area (Å²) >= 11 is 0. The molecule has 1 aliphatic rings. The number of aromatic nitrogens is 1. The van der Waals surface area contributed by atoms with Crippen LogP contribution in [-0.2, 0) is 14.2 Å². The SMILES string of the molecule is COC(C)C.COc1c(C=O)n(C2CCOC2OC)cc(C(=O)O)c1=O. The number of carboxylic acid groups (broad SMARTS) is 1. The van der Waals surface area contributed by atoms with Gasteiger partial charge in [-0.1, -0.05) is 0 Å². The molecule has 1 fully saturated rings. The van der Waals surface area contributed by atoms with Crippen LogP contribution in [0.15, 0.2) is 11.0 Å². The highest BCUT2D eigenvalue weighted by molar-refractivity contribution is 5.89. The van der Waals surface area contributed by atoms with Gasteiger partial charge in [0.25, 0.3) is 0 Å². The number of aromatic carboxylic acids is 1. The zero-order chi connectivity index (χ0) is 19.9. The Hall–Kier alpha value is -2.23. The van der Waals surface area contributed by atoms with Crippen molar-refractivity contribution in [1.82, 2.24) is 4.57 Å². The molecule has 2 heterocycles. The fourth-order valence-corrected chi connectivity index (χ4v) is 2.41. The van der Waals surface area contributed by atoms with Crippen LogP contribution in [-0.4, -0.2) is 62.3 Å². The molecule has 1 aromatic heterocycles. The average molecular weight is 371 g/mol. The zero-order valence-electron chi connectivity index (χ0n) is 15.6. The van der Waals surface area contributed by atoms with Crippen LogP contribution in [0, 0.1) is 0 Å². The molecule has 1 aromatic rings. The van der Waals surface area contributed by atoms with Gasteiger partial charge in [0.1, 0.15) is 11.3 Å². The molecule has 0 bridgehead atoms. The van der Waals surface area contributed by atoms with Crippen molar-refractivity contribution in [2.45, 2.75) is 38.7 Å². The van der Waals surface area contributed by atoms with Crippen molar-refractivity contribution in [3.8, 4) is 5.75 Å². The van der Waals surface area contributed by atoms with Crippen molar-refractivity contribution < 1.29 is 33.6 Å². The van der Waals surface area contributed by atoms with Crippen molar-refractivity contribution in [3.05, 3.63) is 27.7 Å². The van der Waals surface area contributed by atoms with Crippen LogP contribution in [0.25, 0.3) is 0 Å². The molecule has 2 unspecified atom stereocenters. The van der Waals surface area contributed by atoms with Crippen LogP contribution in [0.2, 0.25) is 0 Å². The van der Waals surface area contributed by atoms with Crippen LogP contribution in [0.4, 0.5) is 0 Å². The normalized spacial score (nSPS) is 19.0. The molecule has 0 radical (unpaired) electrons. The van der Waals surface area contributed by atoms with Crippen molar-refractivity contribution in [1.29, 1.82) is 0 Å². The third-order valence-electron chi connectivity index (χ3n) is 3.85. The number of nitrogens with zero attached hydrogens (tertiary/aromatic N) is 1. The highest BCUT2D eigenvalue weighted by Crippen LogP contribution is 2.29. The van der Waals surface area contributed by atoms with Crippen LogP contribution in [0.5, 0.6) is 5.75 Å². The first kappa shape index (κ1) is 21.8. The van der Waals surface area contributed by atoms with E-state index >= 15 is 0 Å². The van der Waals surface area contributed by atoms with Crippen molar-refractivity contribution in [3.63, 3.8) is 0 Å². The van der Waals surface area contributed by atoms with Gasteiger partial charge in [0.2, 0.25) is 5.43 Å². The Bertz CT molecular complexity index is 682. The van der Waals surface area contributed by atoms with E-state index in [1.807, 2.05) is 13.8 Å². The lowest BCUT2D eigenvalue weighted by Crippen LogP contribution is -2.29. The molecule has 1 aliphatic heterocycles. The summed E-state index contributed by atoms with van der Waals surface area (Å²) in [5.41, 5.74) is -1.35. The predicted octanol–water partition coefficient (Wildman–Crippen LogP) is 1.34. The molecular formula is C17H25NO8. The Balaban J connectivity index is 0.000000597. The Morgan fingerprint density at radius 1 is 1.38 bits per heavy atom. The topological polar surface area (TPSA) is 113 Å². The van der Waals surface area contributed by atoms with Crippen LogP contribution in [0.3, 0.4) is 0 Å². The lowest BCUT2D eigenvalue weighted by atomic mass is 10.1. The maximum absolute atomic E-state index is 12.0. The summed E-state index contributed by atoms with van der Waals surface area (Å²) < 4.78 is 21.5. The first-order chi connectivity index (χ1) is 12.3. The smallest absolute Gasteiger partial charge is 0.341 e. The molecule has 0 aromatic carbocycles. The number of ether oxygens (including phenoxy) is 4. The summed E-state index contributed by atoms with van der Waals surface area (Å²) in [7, 11) is 4.35. The third kappa shape index (κ3) is 4.90. The first-order valence-corrected chi connectivity index (χ1v) is 8.01. The molecular weight excluding hydrogens is 346 g/mol. The minimum atomic E-state index is -1.39. The van der Waals surface area contributed by atoms with E-state index in [0.29, 0.717) is 25.4 Å². The molecule has 1 N–H and O–H groups in total. The molecule has 26 heavy (non-hydrogen) atoms. The van der Waals surface area contributed by atoms with Gasteiger partial charge in [0.05, 0.1) is 25.9 Å². The second-order valence-electron chi connectivity index (χ2n) is 5.74. The standard InChI is InChI=1S/C13H15NO7.C4H10O/c1-19-11-9(6-15)14(5-7(10(11)16)12(17)18)8-3-4-21-13(8)20-2;1-4(2)5-3/h5-6,8,13H,3-4H2,1-2H3,(H,17,18);4H,1-3H3. The lowest BCUT2D eigenvalue weighted by Gasteiger charge is -2.23. The molecule has 0 spiro atoms. The van der Waals surface area contributed by atoms with Crippen LogP contribution >= 0.6 is 0 Å². The van der Waals surface area contributed by atoms with Gasteiger partial charge in [-0.2, -0.15) is 0 Å². The van der Waals surface area contributed by atoms with E-state index in [4.69, 9.17) is 24.1 Å². The molecule has 2 atom stereocenters. The van der Waals surface area contributed by atoms with Crippen LogP contribution in [0.1, 0.15) is 47.2 Å². The molecule has 2 rings (SSSR count). The number of carboxylic acids is 1. The maximum atomic E-state index is 12.0. The lowest BCUT2D eigenvalue weighted by molar-refractivity contribution is -0.106. The van der Waals surface area contributed by atoms with E-state index < -0.39 is 29.3 Å². The van der Waals surface area contributed by atoms with E-state index in [1.165, 1.54) is 18.8 Å². The minimum Gasteiger partial charge on any atom is -0.491 e. The summed E-state index contributed by atoms with van der Waals surface area (Å²) in [6.45, 7) is 4.40. The number of carbonyl (C=O) groups is 2. The van der Waals surface area contributed by atoms with Crippen molar-refractivity contribution in [2.75, 3.05) is 27.9 Å². The number of methoxy groups -OCH3 is 3. The zero-order valence-corrected chi connectivity index (χ0v) is 15.6. The predicted molar refractivity (Wildman–Crippen MR) is 92.1 cm³/mol. The highest BCUT2D eigenvalue weighted by Gasteiger charge is 2.33. The van der Waals surface area contributed by atoms with Gasteiger partial charge in [-0.3, -0.25) is 9.59 Å². The number of hydrogen-bond acceptors (Lipinski definition) is 7. The largest absolute Gasteiger partial charge is 0.491 e. The van der Waals surface area contributed by atoms with E-state index in [2.05, 4.69) is 0 Å². The second kappa shape index (κ2) is 10.0. The average Bonchev–Trinajstić information content (AvgIpc) is 3.09. The van der Waals surface area contributed by atoms with Gasteiger partial charge >= 0.3 is 5.97 Å². The summed E-state index contributed by atoms with van der Waals surface area (Å²) in [5.74, 6) is -1.69. The van der Waals surface area contributed by atoms with Crippen molar-refractivity contribution >= 4 is 12.3 Å². The molecule has 9 nitrogen and oxygen atoms in total. The Kier molecular flexibility index (Phi) is 8.43. The fourth-order valence-electron chi connectivity index (χ4n) is 2.41. The van der Waals surface area contributed by atoms with Crippen LogP contribution < -0.4 is 10.2 Å². The quantitative estimate of drug-likeness (QED) is 0.746. The molecule has 146 valence electrons. The summed E-state index contributed by atoms with van der Waals surface area (Å²) in [5, 5.41) is 9.12. The summed E-state index contributed by atoms with van der Waals surface area (Å²) in [6, 6.07) is -0.414. The Labute approximate surface area is 151 Å². The maximum Gasteiger partial charge on any atom is 0.341 e. The minimum absolute atomic E-state index is 0.0370. The van der Waals surface area contributed by atoms with Gasteiger partial charge < -0.3 is 28.6 Å². The Morgan fingerprint density at radius 3 is 2.42 bits per heavy atom. The molecule has 0 amide bonds. The van der Waals surface area contributed by atoms with Gasteiger partial charge in [-0.15, -0.1) is 0 Å². The number of carbonyl (C=O) groups excluding carboxylic acids is 1. The van der Waals surface area contributed by atoms with Gasteiger partial charge in [-0.25, -0.2) is 4.79 Å². The Morgan fingerprint density at radius 2 is 2.00 bits per heavy atom. The fraction of sp³-hybridized carbons (Fsp3) is 0.588. The number of rotatable bonds is 6. The van der Waals surface area contributed by atoms with E-state index in [9.17, 15) is 14.4 Å². The third-order valence-corrected chi connectivity index (χ3v) is 3.85. The van der Waals surface area contributed by atoms with E-state index in [-0.39, 0.29) is 11.4 Å². The van der Waals surface area contributed by atoms with Gasteiger partial charge in [0, 0.05) is 20.4 Å². The first-order valence-electron chi connectivity index (χ1n) is 8.01. The molecule has 1 saturated heterocycles. The van der Waals surface area contributed by atoms with E-state index in [0.717, 1.165) is 6.20 Å². The van der Waals surface area contributed by atoms with Gasteiger partial charge in [-0.05, 0) is 20.3 Å².